The van der Waals surface area contributed by atoms with E-state index in [-0.39, 0.29) is 0 Å². The molecule has 1 aliphatic heterocycles. The van der Waals surface area contributed by atoms with Gasteiger partial charge in [0, 0.05) is 17.6 Å². The smallest absolute Gasteiger partial charge is 0.171 e. The van der Waals surface area contributed by atoms with Crippen LogP contribution in [0.15, 0.2) is 28.7 Å². The summed E-state index contributed by atoms with van der Waals surface area (Å²) in [6, 6.07) is 9.93. The van der Waals surface area contributed by atoms with Gasteiger partial charge in [0.25, 0.3) is 0 Å². The zero-order valence-corrected chi connectivity index (χ0v) is 13.2. The molecule has 0 bridgehead atoms. The normalized spacial score (nSPS) is 15.0. The maximum absolute atomic E-state index is 9.43. The summed E-state index contributed by atoms with van der Waals surface area (Å²) in [6.07, 6.45) is 3.50. The predicted octanol–water partition coefficient (Wildman–Crippen LogP) is 3.08. The maximum Gasteiger partial charge on any atom is 0.171 e. The zero-order chi connectivity index (χ0) is 14.8. The molecular weight excluding hydrogens is 330 g/mol. The van der Waals surface area contributed by atoms with Crippen molar-refractivity contribution in [2.45, 2.75) is 19.3 Å². The number of anilines is 2. The number of nitriles is 1. The van der Waals surface area contributed by atoms with Gasteiger partial charge in [-0.25, -0.2) is 4.68 Å². The molecule has 2 heterocycles. The first-order valence-electron chi connectivity index (χ1n) is 7.00. The minimum Gasteiger partial charge on any atom is -0.382 e. The molecule has 0 aliphatic carbocycles. The van der Waals surface area contributed by atoms with Crippen LogP contribution in [0, 0.1) is 11.3 Å². The van der Waals surface area contributed by atoms with Crippen LogP contribution in [0.25, 0.3) is 5.69 Å². The van der Waals surface area contributed by atoms with E-state index in [0.717, 1.165) is 36.1 Å². The van der Waals surface area contributed by atoms with Crippen LogP contribution in [0.1, 0.15) is 24.8 Å². The van der Waals surface area contributed by atoms with Crippen LogP contribution in [-0.4, -0.2) is 22.9 Å². The molecule has 5 nitrogen and oxygen atoms in total. The molecule has 1 fully saturated rings. The van der Waals surface area contributed by atoms with Gasteiger partial charge in [-0.3, -0.25) is 0 Å². The molecule has 3 rings (SSSR count). The number of benzene rings is 1. The number of aromatic nitrogens is 2. The summed E-state index contributed by atoms with van der Waals surface area (Å²) in [7, 11) is 0. The number of nitrogens with two attached hydrogens (primary N) is 1. The number of piperidine rings is 1. The van der Waals surface area contributed by atoms with Gasteiger partial charge in [-0.1, -0.05) is 22.0 Å². The maximum atomic E-state index is 9.43. The lowest BCUT2D eigenvalue weighted by Gasteiger charge is -2.26. The van der Waals surface area contributed by atoms with Crippen LogP contribution < -0.4 is 10.6 Å². The fraction of sp³-hybridized carbons (Fsp3) is 0.333. The molecule has 1 saturated heterocycles. The van der Waals surface area contributed by atoms with Crippen molar-refractivity contribution in [3.63, 3.8) is 0 Å². The molecule has 0 saturated carbocycles. The quantitative estimate of drug-likeness (QED) is 0.907. The Morgan fingerprint density at radius 1 is 1.24 bits per heavy atom. The molecular formula is C15H16BrN5. The average molecular weight is 346 g/mol. The van der Waals surface area contributed by atoms with E-state index in [1.54, 1.807) is 4.68 Å². The van der Waals surface area contributed by atoms with Crippen molar-refractivity contribution in [3.8, 4) is 11.8 Å². The molecule has 2 N–H and O–H groups in total. The van der Waals surface area contributed by atoms with Gasteiger partial charge in [-0.15, -0.1) is 5.10 Å². The Morgan fingerprint density at radius 3 is 2.67 bits per heavy atom. The van der Waals surface area contributed by atoms with Crippen LogP contribution in [0.5, 0.6) is 0 Å². The van der Waals surface area contributed by atoms with Crippen molar-refractivity contribution in [3.05, 3.63) is 34.3 Å². The van der Waals surface area contributed by atoms with E-state index < -0.39 is 0 Å². The van der Waals surface area contributed by atoms with Crippen LogP contribution in [0.3, 0.4) is 0 Å². The molecule has 1 aromatic heterocycles. The fourth-order valence-electron chi connectivity index (χ4n) is 2.66. The van der Waals surface area contributed by atoms with E-state index in [0.29, 0.717) is 17.2 Å². The van der Waals surface area contributed by atoms with Gasteiger partial charge < -0.3 is 10.6 Å². The van der Waals surface area contributed by atoms with Gasteiger partial charge in [0.15, 0.2) is 5.82 Å². The Morgan fingerprint density at radius 2 is 2.00 bits per heavy atom. The standard InChI is InChI=1S/C15H16BrN5/c16-11-5-4-6-12(9-11)21-14(18)13(10-17)15(19-21)20-7-2-1-3-8-20/h4-6,9H,1-3,7-8,18H2. The average Bonchev–Trinajstić information content (AvgIpc) is 2.85. The third-order valence-corrected chi connectivity index (χ3v) is 4.22. The van der Waals surface area contributed by atoms with Gasteiger partial charge in [0.05, 0.1) is 5.69 Å². The Balaban J connectivity index is 2.07. The van der Waals surface area contributed by atoms with Gasteiger partial charge in [0.2, 0.25) is 0 Å². The molecule has 0 radical (unpaired) electrons. The Hall–Kier alpha value is -2.00. The lowest BCUT2D eigenvalue weighted by molar-refractivity contribution is 0.571. The summed E-state index contributed by atoms with van der Waals surface area (Å²) in [5, 5.41) is 14.0. The number of halogens is 1. The van der Waals surface area contributed by atoms with E-state index in [9.17, 15) is 5.26 Å². The molecule has 108 valence electrons. The van der Waals surface area contributed by atoms with E-state index in [1.165, 1.54) is 6.42 Å². The first kappa shape index (κ1) is 14.0. The van der Waals surface area contributed by atoms with Crippen LogP contribution in [-0.2, 0) is 0 Å². The summed E-state index contributed by atoms with van der Waals surface area (Å²) in [6.45, 7) is 1.87. The SMILES string of the molecule is N#Cc1c(N2CCCCC2)nn(-c2cccc(Br)c2)c1N. The minimum atomic E-state index is 0.399. The second kappa shape index (κ2) is 5.78. The molecule has 1 aromatic carbocycles. The Bertz CT molecular complexity index is 695. The first-order valence-corrected chi connectivity index (χ1v) is 7.79. The Labute approximate surface area is 132 Å². The monoisotopic (exact) mass is 345 g/mol. The predicted molar refractivity (Wildman–Crippen MR) is 86.5 cm³/mol. The van der Waals surface area contributed by atoms with Crippen molar-refractivity contribution in [1.29, 1.82) is 5.26 Å². The van der Waals surface area contributed by atoms with Gasteiger partial charge in [-0.05, 0) is 37.5 Å². The van der Waals surface area contributed by atoms with E-state index in [1.807, 2.05) is 24.3 Å². The highest BCUT2D eigenvalue weighted by molar-refractivity contribution is 9.10. The summed E-state index contributed by atoms with van der Waals surface area (Å²) >= 11 is 3.45. The molecule has 0 atom stereocenters. The summed E-state index contributed by atoms with van der Waals surface area (Å²) < 4.78 is 2.60. The van der Waals surface area contributed by atoms with Crippen LogP contribution in [0.2, 0.25) is 0 Å². The zero-order valence-electron chi connectivity index (χ0n) is 11.6. The molecule has 21 heavy (non-hydrogen) atoms. The lowest BCUT2D eigenvalue weighted by atomic mass is 10.1. The fourth-order valence-corrected chi connectivity index (χ4v) is 3.05. The molecule has 2 aromatic rings. The van der Waals surface area contributed by atoms with Gasteiger partial charge in [-0.2, -0.15) is 5.26 Å². The molecule has 0 unspecified atom stereocenters. The van der Waals surface area contributed by atoms with Gasteiger partial charge >= 0.3 is 0 Å². The third kappa shape index (κ3) is 2.61. The molecule has 1 aliphatic rings. The number of nitrogen functional groups attached to an aromatic ring is 1. The summed E-state index contributed by atoms with van der Waals surface area (Å²) in [4.78, 5) is 2.16. The topological polar surface area (TPSA) is 70.9 Å². The van der Waals surface area contributed by atoms with Crippen molar-refractivity contribution < 1.29 is 0 Å². The number of hydrogen-bond donors (Lipinski definition) is 1. The molecule has 0 amide bonds. The van der Waals surface area contributed by atoms with E-state index in [2.05, 4.69) is 32.0 Å². The second-order valence-corrected chi connectivity index (χ2v) is 6.05. The van der Waals surface area contributed by atoms with Crippen molar-refractivity contribution in [1.82, 2.24) is 9.78 Å². The lowest BCUT2D eigenvalue weighted by Crippen LogP contribution is -2.30. The summed E-state index contributed by atoms with van der Waals surface area (Å²) in [5.74, 6) is 1.10. The Kier molecular flexibility index (Phi) is 3.84. The number of rotatable bonds is 2. The van der Waals surface area contributed by atoms with Crippen molar-refractivity contribution >= 4 is 27.6 Å². The highest BCUT2D eigenvalue weighted by Gasteiger charge is 2.22. The number of hydrogen-bond acceptors (Lipinski definition) is 4. The van der Waals surface area contributed by atoms with Crippen LogP contribution in [0.4, 0.5) is 11.6 Å². The second-order valence-electron chi connectivity index (χ2n) is 5.14. The van der Waals surface area contributed by atoms with E-state index >= 15 is 0 Å². The molecule has 6 heteroatoms. The largest absolute Gasteiger partial charge is 0.382 e. The third-order valence-electron chi connectivity index (χ3n) is 3.72. The van der Waals surface area contributed by atoms with Crippen molar-refractivity contribution in [2.75, 3.05) is 23.7 Å². The number of nitrogens with zero attached hydrogens (tertiary/aromatic N) is 4. The first-order chi connectivity index (χ1) is 10.2. The molecule has 0 spiro atoms. The van der Waals surface area contributed by atoms with E-state index in [4.69, 9.17) is 5.73 Å². The van der Waals surface area contributed by atoms with Gasteiger partial charge in [0.1, 0.15) is 17.5 Å². The minimum absolute atomic E-state index is 0.399. The highest BCUT2D eigenvalue weighted by atomic mass is 79.9. The van der Waals surface area contributed by atoms with Crippen molar-refractivity contribution in [2.24, 2.45) is 0 Å². The van der Waals surface area contributed by atoms with Crippen LogP contribution >= 0.6 is 15.9 Å². The summed E-state index contributed by atoms with van der Waals surface area (Å²) in [5.41, 5.74) is 7.46. The highest BCUT2D eigenvalue weighted by Crippen LogP contribution is 2.29.